The summed E-state index contributed by atoms with van der Waals surface area (Å²) >= 11 is 14.2. The lowest BCUT2D eigenvalue weighted by molar-refractivity contribution is 0.102. The number of carbonyl (C=O) groups excluding carboxylic acids is 1. The van der Waals surface area contributed by atoms with Crippen LogP contribution in [-0.2, 0) is 0 Å². The van der Waals surface area contributed by atoms with Crippen LogP contribution >= 0.6 is 46.3 Å². The second kappa shape index (κ2) is 6.02. The summed E-state index contributed by atoms with van der Waals surface area (Å²) in [5.74, 6) is 0.175. The van der Waals surface area contributed by atoms with Crippen molar-refractivity contribution in [1.82, 2.24) is 9.97 Å². The lowest BCUT2D eigenvalue weighted by Gasteiger charge is -2.00. The Balaban J connectivity index is 2.03. The minimum atomic E-state index is -0.0711. The molecule has 2 aromatic rings. The average molecular weight is 319 g/mol. The molecule has 0 aliphatic heterocycles. The molecule has 94 valence electrons. The first-order valence-corrected chi connectivity index (χ1v) is 7.52. The summed E-state index contributed by atoms with van der Waals surface area (Å²) in [6.45, 7) is 1.88. The summed E-state index contributed by atoms with van der Waals surface area (Å²) in [7, 11) is 0. The maximum absolute atomic E-state index is 11.9. The van der Waals surface area contributed by atoms with Crippen molar-refractivity contribution in [2.75, 3.05) is 5.75 Å². The monoisotopic (exact) mass is 318 g/mol. The number of Topliss-reactive ketones (excluding diaryl/α,β-unsaturated/α-hetero) is 1. The van der Waals surface area contributed by atoms with Crippen molar-refractivity contribution >= 4 is 52.1 Å². The van der Waals surface area contributed by atoms with Gasteiger partial charge in [0.25, 0.3) is 0 Å². The Morgan fingerprint density at radius 2 is 2.28 bits per heavy atom. The molecule has 0 amide bonds. The van der Waals surface area contributed by atoms with E-state index in [2.05, 4.69) is 9.97 Å². The van der Waals surface area contributed by atoms with Gasteiger partial charge in [0.05, 0.1) is 10.1 Å². The van der Waals surface area contributed by atoms with Gasteiger partial charge in [-0.15, -0.1) is 11.3 Å². The third kappa shape index (κ3) is 3.45. The molecule has 0 aromatic carbocycles. The van der Waals surface area contributed by atoms with Gasteiger partial charge >= 0.3 is 0 Å². The molecule has 0 N–H and O–H groups in total. The van der Waals surface area contributed by atoms with Crippen LogP contribution in [0, 0.1) is 6.92 Å². The number of hydrogen-bond acceptors (Lipinski definition) is 5. The Morgan fingerprint density at radius 1 is 1.50 bits per heavy atom. The smallest absolute Gasteiger partial charge is 0.188 e. The Bertz CT molecular complexity index is 586. The van der Waals surface area contributed by atoms with E-state index in [1.54, 1.807) is 18.3 Å². The zero-order chi connectivity index (χ0) is 13.1. The van der Waals surface area contributed by atoms with Crippen LogP contribution < -0.4 is 0 Å². The summed E-state index contributed by atoms with van der Waals surface area (Å²) in [5.41, 5.74) is 1.34. The molecule has 7 heteroatoms. The molecular formula is C11H8Cl2N2OS2. The van der Waals surface area contributed by atoms with Crippen molar-refractivity contribution in [2.24, 2.45) is 0 Å². The van der Waals surface area contributed by atoms with Crippen LogP contribution in [-0.4, -0.2) is 21.5 Å². The molecule has 0 bridgehead atoms. The second-order valence-corrected chi connectivity index (χ2v) is 6.66. The number of aryl methyl sites for hydroxylation is 1. The number of rotatable bonds is 4. The number of aromatic nitrogens is 2. The molecule has 0 aliphatic carbocycles. The van der Waals surface area contributed by atoms with Gasteiger partial charge in [-0.2, -0.15) is 0 Å². The lowest BCUT2D eigenvalue weighted by atomic mass is 10.2. The van der Waals surface area contributed by atoms with Gasteiger partial charge in [0.2, 0.25) is 0 Å². The van der Waals surface area contributed by atoms with Crippen LogP contribution in [0.3, 0.4) is 0 Å². The normalized spacial score (nSPS) is 10.6. The van der Waals surface area contributed by atoms with E-state index in [9.17, 15) is 4.79 Å². The summed E-state index contributed by atoms with van der Waals surface area (Å²) in [6, 6.07) is 3.40. The van der Waals surface area contributed by atoms with E-state index in [1.807, 2.05) is 6.92 Å². The maximum atomic E-state index is 11.9. The third-order valence-electron chi connectivity index (χ3n) is 2.06. The molecule has 0 saturated heterocycles. The second-order valence-electron chi connectivity index (χ2n) is 3.43. The Kier molecular flexibility index (Phi) is 4.61. The van der Waals surface area contributed by atoms with E-state index in [1.165, 1.54) is 23.1 Å². The number of ketones is 1. The van der Waals surface area contributed by atoms with E-state index in [0.717, 1.165) is 5.69 Å². The Morgan fingerprint density at radius 3 is 2.89 bits per heavy atom. The first kappa shape index (κ1) is 13.8. The zero-order valence-corrected chi connectivity index (χ0v) is 12.5. The lowest BCUT2D eigenvalue weighted by Crippen LogP contribution is -2.02. The predicted octanol–water partition coefficient (Wildman–Crippen LogP) is 4.13. The molecule has 2 aromatic heterocycles. The highest BCUT2D eigenvalue weighted by Crippen LogP contribution is 2.32. The molecule has 0 atom stereocenters. The first-order valence-electron chi connectivity index (χ1n) is 4.97. The highest BCUT2D eigenvalue weighted by atomic mass is 35.5. The number of thioether (sulfide) groups is 1. The molecule has 0 spiro atoms. The van der Waals surface area contributed by atoms with Crippen LogP contribution in [0.5, 0.6) is 0 Å². The van der Waals surface area contributed by atoms with Gasteiger partial charge in [-0.3, -0.25) is 4.79 Å². The van der Waals surface area contributed by atoms with Gasteiger partial charge in [0.1, 0.15) is 4.34 Å². The maximum Gasteiger partial charge on any atom is 0.188 e. The van der Waals surface area contributed by atoms with Crippen LogP contribution in [0.2, 0.25) is 8.67 Å². The van der Waals surface area contributed by atoms with E-state index in [0.29, 0.717) is 19.4 Å². The molecule has 0 fully saturated rings. The minimum absolute atomic E-state index is 0.0711. The SMILES string of the molecule is Cc1ccnc(SCC(=O)c2cc(Cl)sc2Cl)n1. The topological polar surface area (TPSA) is 42.9 Å². The predicted molar refractivity (Wildman–Crippen MR) is 76.2 cm³/mol. The summed E-state index contributed by atoms with van der Waals surface area (Å²) in [4.78, 5) is 20.2. The number of carbonyl (C=O) groups is 1. The molecule has 0 saturated carbocycles. The summed E-state index contributed by atoms with van der Waals surface area (Å²) in [5, 5.41) is 0.584. The van der Waals surface area contributed by atoms with Crippen LogP contribution in [0.15, 0.2) is 23.5 Å². The number of thiophene rings is 1. The van der Waals surface area contributed by atoms with Crippen molar-refractivity contribution in [3.63, 3.8) is 0 Å². The van der Waals surface area contributed by atoms with Gasteiger partial charge in [0.15, 0.2) is 10.9 Å². The highest BCUT2D eigenvalue weighted by molar-refractivity contribution is 7.99. The van der Waals surface area contributed by atoms with Crippen LogP contribution in [0.25, 0.3) is 0 Å². The number of nitrogens with zero attached hydrogens (tertiary/aromatic N) is 2. The van der Waals surface area contributed by atoms with E-state index in [-0.39, 0.29) is 11.5 Å². The van der Waals surface area contributed by atoms with E-state index >= 15 is 0 Å². The molecule has 2 heterocycles. The summed E-state index contributed by atoms with van der Waals surface area (Å²) in [6.07, 6.45) is 1.67. The zero-order valence-electron chi connectivity index (χ0n) is 9.31. The van der Waals surface area contributed by atoms with Crippen molar-refractivity contribution < 1.29 is 4.79 Å². The van der Waals surface area contributed by atoms with Crippen molar-refractivity contribution in [1.29, 1.82) is 0 Å². The number of hydrogen-bond donors (Lipinski definition) is 0. The fourth-order valence-electron chi connectivity index (χ4n) is 1.23. The third-order valence-corrected chi connectivity index (χ3v) is 4.41. The largest absolute Gasteiger partial charge is 0.293 e. The molecule has 0 radical (unpaired) electrons. The van der Waals surface area contributed by atoms with Crippen LogP contribution in [0.4, 0.5) is 0 Å². The molecular weight excluding hydrogens is 311 g/mol. The first-order chi connectivity index (χ1) is 8.56. The molecule has 0 unspecified atom stereocenters. The summed E-state index contributed by atoms with van der Waals surface area (Å²) < 4.78 is 0.941. The molecule has 2 rings (SSSR count). The van der Waals surface area contributed by atoms with Crippen molar-refractivity contribution in [3.8, 4) is 0 Å². The Hall–Kier alpha value is -0.620. The molecule has 0 aliphatic rings. The van der Waals surface area contributed by atoms with Gasteiger partial charge in [-0.1, -0.05) is 35.0 Å². The number of halogens is 2. The molecule has 3 nitrogen and oxygen atoms in total. The highest BCUT2D eigenvalue weighted by Gasteiger charge is 2.15. The van der Waals surface area contributed by atoms with Crippen molar-refractivity contribution in [3.05, 3.63) is 38.3 Å². The average Bonchev–Trinajstić information content (AvgIpc) is 2.66. The van der Waals surface area contributed by atoms with Crippen molar-refractivity contribution in [2.45, 2.75) is 12.1 Å². The minimum Gasteiger partial charge on any atom is -0.293 e. The van der Waals surface area contributed by atoms with Gasteiger partial charge < -0.3 is 0 Å². The Labute approximate surface area is 123 Å². The van der Waals surface area contributed by atoms with Gasteiger partial charge in [0, 0.05) is 17.5 Å². The standard InChI is InChI=1S/C11H8Cl2N2OS2/c1-6-2-3-14-11(15-6)17-5-8(16)7-4-9(12)18-10(7)13/h2-4H,5H2,1H3. The molecule has 18 heavy (non-hydrogen) atoms. The fourth-order valence-corrected chi connectivity index (χ4v) is 3.49. The van der Waals surface area contributed by atoms with E-state index < -0.39 is 0 Å². The fraction of sp³-hybridized carbons (Fsp3) is 0.182. The van der Waals surface area contributed by atoms with Crippen LogP contribution in [0.1, 0.15) is 16.1 Å². The quantitative estimate of drug-likeness (QED) is 0.483. The van der Waals surface area contributed by atoms with E-state index in [4.69, 9.17) is 23.2 Å². The van der Waals surface area contributed by atoms with Gasteiger partial charge in [-0.05, 0) is 19.1 Å². The van der Waals surface area contributed by atoms with Gasteiger partial charge in [-0.25, -0.2) is 9.97 Å².